The number of carboxylic acid groups (broad SMARTS) is 1. The van der Waals surface area contributed by atoms with Crippen LogP contribution in [-0.4, -0.2) is 50.5 Å². The van der Waals surface area contributed by atoms with Crippen molar-refractivity contribution in [3.05, 3.63) is 48.0 Å². The molecule has 0 bridgehead atoms. The second kappa shape index (κ2) is 7.00. The highest BCUT2D eigenvalue weighted by Crippen LogP contribution is 2.32. The van der Waals surface area contributed by atoms with Crippen molar-refractivity contribution in [3.63, 3.8) is 0 Å². The zero-order valence-corrected chi connectivity index (χ0v) is 15.0. The van der Waals surface area contributed by atoms with Crippen LogP contribution in [0.2, 0.25) is 0 Å². The third kappa shape index (κ3) is 3.40. The number of aryl methyl sites for hydroxylation is 1. The molecule has 2 saturated heterocycles. The van der Waals surface area contributed by atoms with Crippen LogP contribution in [0, 0.1) is 12.8 Å². The van der Waals surface area contributed by atoms with Crippen molar-refractivity contribution in [2.75, 3.05) is 49.2 Å². The van der Waals surface area contributed by atoms with E-state index in [0.717, 1.165) is 32.0 Å². The zero-order valence-electron chi connectivity index (χ0n) is 15.0. The molecule has 2 fully saturated rings. The standard InChI is InChI=1S/C21H24N2O3/c1-15-9-17(12-20(10-15)23-13-18(14-23)21(24)25)16-3-2-4-19(11-16)22-5-7-26-8-6-22/h2-4,9-12,18H,5-8,13-14H2,1H3,(H,24,25). The summed E-state index contributed by atoms with van der Waals surface area (Å²) in [6, 6.07) is 15.1. The van der Waals surface area contributed by atoms with Gasteiger partial charge in [-0.2, -0.15) is 0 Å². The maximum atomic E-state index is 11.1. The van der Waals surface area contributed by atoms with Crippen molar-refractivity contribution in [2.45, 2.75) is 6.92 Å². The quantitative estimate of drug-likeness (QED) is 0.917. The second-order valence-corrected chi connectivity index (χ2v) is 7.15. The molecule has 2 aromatic rings. The molecule has 136 valence electrons. The molecule has 5 heteroatoms. The molecular weight excluding hydrogens is 328 g/mol. The first-order valence-corrected chi connectivity index (χ1v) is 9.13. The number of rotatable bonds is 4. The van der Waals surface area contributed by atoms with Crippen LogP contribution in [0.25, 0.3) is 11.1 Å². The van der Waals surface area contributed by atoms with Crippen molar-refractivity contribution < 1.29 is 14.6 Å². The van der Waals surface area contributed by atoms with Gasteiger partial charge in [-0.05, 0) is 47.9 Å². The normalized spacial score (nSPS) is 17.9. The summed E-state index contributed by atoms with van der Waals surface area (Å²) in [5.74, 6) is -0.948. The van der Waals surface area contributed by atoms with Gasteiger partial charge in [0.15, 0.2) is 0 Å². The summed E-state index contributed by atoms with van der Waals surface area (Å²) in [4.78, 5) is 15.6. The predicted octanol–water partition coefficient (Wildman–Crippen LogP) is 3.02. The van der Waals surface area contributed by atoms with Crippen LogP contribution in [0.1, 0.15) is 5.56 Å². The van der Waals surface area contributed by atoms with E-state index in [1.165, 1.54) is 22.4 Å². The Bertz CT molecular complexity index is 809. The van der Waals surface area contributed by atoms with Crippen LogP contribution in [0.3, 0.4) is 0 Å². The average Bonchev–Trinajstić information content (AvgIpc) is 2.60. The topological polar surface area (TPSA) is 53.0 Å². The molecule has 0 atom stereocenters. The van der Waals surface area contributed by atoms with Crippen LogP contribution in [0.15, 0.2) is 42.5 Å². The van der Waals surface area contributed by atoms with E-state index in [0.29, 0.717) is 13.1 Å². The number of aliphatic carboxylic acids is 1. The van der Waals surface area contributed by atoms with E-state index in [4.69, 9.17) is 9.84 Å². The van der Waals surface area contributed by atoms with Crippen molar-refractivity contribution >= 4 is 17.3 Å². The number of carboxylic acids is 1. The lowest BCUT2D eigenvalue weighted by atomic mass is 9.96. The summed E-state index contributed by atoms with van der Waals surface area (Å²) in [6.45, 7) is 6.67. The van der Waals surface area contributed by atoms with Crippen LogP contribution >= 0.6 is 0 Å². The van der Waals surface area contributed by atoms with Gasteiger partial charge in [-0.1, -0.05) is 18.2 Å². The Hall–Kier alpha value is -2.53. The SMILES string of the molecule is Cc1cc(-c2cccc(N3CCOCC3)c2)cc(N2CC(C(=O)O)C2)c1. The molecule has 0 aliphatic carbocycles. The second-order valence-electron chi connectivity index (χ2n) is 7.15. The highest BCUT2D eigenvalue weighted by Gasteiger charge is 2.32. The first kappa shape index (κ1) is 16.9. The van der Waals surface area contributed by atoms with E-state index >= 15 is 0 Å². The summed E-state index contributed by atoms with van der Waals surface area (Å²) >= 11 is 0. The van der Waals surface area contributed by atoms with E-state index in [-0.39, 0.29) is 5.92 Å². The Morgan fingerprint density at radius 2 is 1.73 bits per heavy atom. The van der Waals surface area contributed by atoms with E-state index in [1.807, 2.05) is 0 Å². The average molecular weight is 352 g/mol. The van der Waals surface area contributed by atoms with Crippen molar-refractivity contribution in [1.82, 2.24) is 0 Å². The van der Waals surface area contributed by atoms with Gasteiger partial charge in [0.1, 0.15) is 0 Å². The maximum absolute atomic E-state index is 11.1. The molecule has 0 unspecified atom stereocenters. The fourth-order valence-electron chi connectivity index (χ4n) is 3.66. The lowest BCUT2D eigenvalue weighted by Gasteiger charge is -2.39. The summed E-state index contributed by atoms with van der Waals surface area (Å²) in [5, 5.41) is 9.10. The highest BCUT2D eigenvalue weighted by atomic mass is 16.5. The molecule has 0 aromatic heterocycles. The molecule has 0 amide bonds. The van der Waals surface area contributed by atoms with Crippen LogP contribution in [-0.2, 0) is 9.53 Å². The van der Waals surface area contributed by atoms with Gasteiger partial charge in [0.05, 0.1) is 19.1 Å². The highest BCUT2D eigenvalue weighted by molar-refractivity contribution is 5.77. The minimum atomic E-state index is -0.702. The number of hydrogen-bond acceptors (Lipinski definition) is 4. The monoisotopic (exact) mass is 352 g/mol. The smallest absolute Gasteiger partial charge is 0.310 e. The predicted molar refractivity (Wildman–Crippen MR) is 103 cm³/mol. The molecule has 2 aliphatic rings. The van der Waals surface area contributed by atoms with Gasteiger partial charge in [-0.3, -0.25) is 4.79 Å². The third-order valence-electron chi connectivity index (χ3n) is 5.21. The molecule has 1 N–H and O–H groups in total. The Balaban J connectivity index is 1.59. The van der Waals surface area contributed by atoms with Gasteiger partial charge in [0, 0.05) is 37.6 Å². The lowest BCUT2D eigenvalue weighted by molar-refractivity contribution is -0.142. The molecule has 0 saturated carbocycles. The first-order valence-electron chi connectivity index (χ1n) is 9.13. The minimum Gasteiger partial charge on any atom is -0.481 e. The number of benzene rings is 2. The molecule has 2 heterocycles. The Kier molecular flexibility index (Phi) is 4.55. The summed E-state index contributed by atoms with van der Waals surface area (Å²) in [6.07, 6.45) is 0. The van der Waals surface area contributed by atoms with Gasteiger partial charge in [0.25, 0.3) is 0 Å². The van der Waals surface area contributed by atoms with Gasteiger partial charge in [0.2, 0.25) is 0 Å². The lowest BCUT2D eigenvalue weighted by Crippen LogP contribution is -2.50. The van der Waals surface area contributed by atoms with E-state index in [9.17, 15) is 4.79 Å². The first-order chi connectivity index (χ1) is 12.6. The minimum absolute atomic E-state index is 0.247. The Morgan fingerprint density at radius 3 is 2.46 bits per heavy atom. The largest absolute Gasteiger partial charge is 0.481 e. The van der Waals surface area contributed by atoms with Gasteiger partial charge < -0.3 is 19.6 Å². The number of morpholine rings is 1. The fourth-order valence-corrected chi connectivity index (χ4v) is 3.66. The summed E-state index contributed by atoms with van der Waals surface area (Å²) in [5.41, 5.74) is 5.88. The van der Waals surface area contributed by atoms with E-state index < -0.39 is 5.97 Å². The molecular formula is C21H24N2O3. The third-order valence-corrected chi connectivity index (χ3v) is 5.21. The molecule has 5 nitrogen and oxygen atoms in total. The Labute approximate surface area is 153 Å². The molecule has 0 radical (unpaired) electrons. The van der Waals surface area contributed by atoms with Gasteiger partial charge >= 0.3 is 5.97 Å². The number of anilines is 2. The molecule has 26 heavy (non-hydrogen) atoms. The molecule has 2 aromatic carbocycles. The number of carbonyl (C=O) groups is 1. The van der Waals surface area contributed by atoms with E-state index in [1.54, 1.807) is 0 Å². The summed E-state index contributed by atoms with van der Waals surface area (Å²) in [7, 11) is 0. The molecule has 0 spiro atoms. The molecule has 2 aliphatic heterocycles. The van der Waals surface area contributed by atoms with Crippen molar-refractivity contribution in [3.8, 4) is 11.1 Å². The Morgan fingerprint density at radius 1 is 1.00 bits per heavy atom. The zero-order chi connectivity index (χ0) is 18.1. The number of ether oxygens (including phenoxy) is 1. The molecule has 4 rings (SSSR count). The van der Waals surface area contributed by atoms with Gasteiger partial charge in [-0.15, -0.1) is 0 Å². The van der Waals surface area contributed by atoms with Crippen molar-refractivity contribution in [1.29, 1.82) is 0 Å². The van der Waals surface area contributed by atoms with Crippen LogP contribution in [0.5, 0.6) is 0 Å². The number of hydrogen-bond donors (Lipinski definition) is 1. The van der Waals surface area contributed by atoms with E-state index in [2.05, 4.69) is 59.2 Å². The van der Waals surface area contributed by atoms with Crippen molar-refractivity contribution in [2.24, 2.45) is 5.92 Å². The fraction of sp³-hybridized carbons (Fsp3) is 0.381. The van der Waals surface area contributed by atoms with Crippen LogP contribution < -0.4 is 9.80 Å². The maximum Gasteiger partial charge on any atom is 0.310 e. The van der Waals surface area contributed by atoms with Crippen LogP contribution in [0.4, 0.5) is 11.4 Å². The summed E-state index contributed by atoms with van der Waals surface area (Å²) < 4.78 is 5.45. The number of nitrogens with zero attached hydrogens (tertiary/aromatic N) is 2. The van der Waals surface area contributed by atoms with Gasteiger partial charge in [-0.25, -0.2) is 0 Å².